The Hall–Kier alpha value is -2.32. The van der Waals surface area contributed by atoms with E-state index in [0.29, 0.717) is 13.1 Å². The predicted molar refractivity (Wildman–Crippen MR) is 126 cm³/mol. The number of carbonyl (C=O) groups is 2. The quantitative estimate of drug-likeness (QED) is 0.688. The van der Waals surface area contributed by atoms with Gasteiger partial charge in [0.1, 0.15) is 12.2 Å². The molecule has 0 aliphatic carbocycles. The normalized spacial score (nSPS) is 25.5. The molecule has 2 aliphatic heterocycles. The number of carbonyl (C=O) groups excluding carboxylic acids is 2. The first kappa shape index (κ1) is 26.9. The monoisotopic (exact) mass is 464 g/mol. The van der Waals surface area contributed by atoms with Crippen LogP contribution in [0.3, 0.4) is 0 Å². The van der Waals surface area contributed by atoms with Gasteiger partial charge in [-0.2, -0.15) is 0 Å². The van der Waals surface area contributed by atoms with Gasteiger partial charge >= 0.3 is 12.2 Å². The average molecular weight is 465 g/mol. The lowest BCUT2D eigenvalue weighted by Crippen LogP contribution is -2.49. The van der Waals surface area contributed by atoms with Crippen LogP contribution in [0.5, 0.6) is 0 Å². The van der Waals surface area contributed by atoms with Crippen molar-refractivity contribution in [2.75, 3.05) is 13.1 Å². The molecule has 8 nitrogen and oxygen atoms in total. The van der Waals surface area contributed by atoms with Crippen molar-refractivity contribution >= 4 is 12.2 Å². The Morgan fingerprint density at radius 1 is 0.879 bits per heavy atom. The van der Waals surface area contributed by atoms with Gasteiger partial charge in [-0.25, -0.2) is 9.59 Å². The Balaban J connectivity index is 0.000000238. The largest absolute Gasteiger partial charge is 0.445 e. The van der Waals surface area contributed by atoms with Crippen LogP contribution in [0.2, 0.25) is 0 Å². The standard InChI is InChI=1S/C14H19NO3.C11H21NO3/c1-11-7-8-13(16)9-15(11)14(17)18-10-12-5-3-2-4-6-12;1-8-5-6-9(13)7-12(8)10(14)15-11(2,3)4/h2-6,11,13,16H,7-10H2,1H3;8-9,13H,5-7H2,1-4H3/t11-,13-;8-,9-/m11/s1. The predicted octanol–water partition coefficient (Wildman–Crippen LogP) is 3.94. The molecule has 0 unspecified atom stereocenters. The second-order valence-electron chi connectivity index (χ2n) is 9.99. The SMILES string of the molecule is C[C@@H]1CC[C@@H](O)CN1C(=O)OC(C)(C)C.C[C@@H]1CC[C@@H](O)CN1C(=O)OCc1ccccc1. The minimum absolute atomic E-state index is 0.136. The molecule has 33 heavy (non-hydrogen) atoms. The molecule has 0 aromatic heterocycles. The maximum absolute atomic E-state index is 11.9. The molecule has 2 fully saturated rings. The lowest BCUT2D eigenvalue weighted by atomic mass is 10.0. The summed E-state index contributed by atoms with van der Waals surface area (Å²) in [5, 5.41) is 19.1. The van der Waals surface area contributed by atoms with Crippen molar-refractivity contribution < 1.29 is 29.3 Å². The summed E-state index contributed by atoms with van der Waals surface area (Å²) in [6, 6.07) is 9.88. The molecule has 1 aromatic rings. The lowest BCUT2D eigenvalue weighted by molar-refractivity contribution is -0.00987. The van der Waals surface area contributed by atoms with Gasteiger partial charge in [0, 0.05) is 12.1 Å². The molecule has 2 aliphatic rings. The molecular weight excluding hydrogens is 424 g/mol. The minimum atomic E-state index is -0.473. The molecule has 2 amide bonds. The molecule has 0 saturated carbocycles. The van der Waals surface area contributed by atoms with E-state index in [9.17, 15) is 19.8 Å². The summed E-state index contributed by atoms with van der Waals surface area (Å²) in [6.45, 7) is 10.5. The molecule has 2 heterocycles. The van der Waals surface area contributed by atoms with Gasteiger partial charge in [0.05, 0.1) is 25.3 Å². The molecule has 0 radical (unpaired) electrons. The highest BCUT2D eigenvalue weighted by Crippen LogP contribution is 2.20. The highest BCUT2D eigenvalue weighted by molar-refractivity contribution is 5.69. The molecule has 4 atom stereocenters. The molecule has 2 saturated heterocycles. The topological polar surface area (TPSA) is 99.5 Å². The average Bonchev–Trinajstić information content (AvgIpc) is 2.75. The van der Waals surface area contributed by atoms with E-state index >= 15 is 0 Å². The summed E-state index contributed by atoms with van der Waals surface area (Å²) in [5.74, 6) is 0. The maximum atomic E-state index is 11.9. The molecule has 0 bridgehead atoms. The number of piperidine rings is 2. The summed E-state index contributed by atoms with van der Waals surface area (Å²) < 4.78 is 10.5. The molecule has 2 N–H and O–H groups in total. The van der Waals surface area contributed by atoms with E-state index < -0.39 is 17.8 Å². The summed E-state index contributed by atoms with van der Waals surface area (Å²) in [7, 11) is 0. The number of hydrogen-bond acceptors (Lipinski definition) is 6. The molecule has 186 valence electrons. The number of benzene rings is 1. The zero-order chi connectivity index (χ0) is 24.6. The van der Waals surface area contributed by atoms with Gasteiger partial charge in [0.2, 0.25) is 0 Å². The number of aliphatic hydroxyl groups is 2. The van der Waals surface area contributed by atoms with Crippen LogP contribution in [0.25, 0.3) is 0 Å². The van der Waals surface area contributed by atoms with Gasteiger partial charge in [-0.05, 0) is 65.9 Å². The molecule has 3 rings (SSSR count). The number of likely N-dealkylation sites (tertiary alicyclic amines) is 2. The molecule has 0 spiro atoms. The number of hydrogen-bond donors (Lipinski definition) is 2. The van der Waals surface area contributed by atoms with E-state index in [-0.39, 0.29) is 30.9 Å². The third kappa shape index (κ3) is 9.21. The van der Waals surface area contributed by atoms with E-state index in [1.807, 2.05) is 65.0 Å². The number of nitrogens with zero attached hydrogens (tertiary/aromatic N) is 2. The first-order valence-corrected chi connectivity index (χ1v) is 11.8. The van der Waals surface area contributed by atoms with Crippen LogP contribution in [0.15, 0.2) is 30.3 Å². The van der Waals surface area contributed by atoms with Crippen molar-refractivity contribution in [3.8, 4) is 0 Å². The first-order chi connectivity index (χ1) is 15.5. The number of β-amino-alcohol motifs (C(OH)–C–C–N with tert-alkyl or cyclic N) is 2. The van der Waals surface area contributed by atoms with Crippen LogP contribution in [-0.2, 0) is 16.1 Å². The first-order valence-electron chi connectivity index (χ1n) is 11.8. The highest BCUT2D eigenvalue weighted by atomic mass is 16.6. The van der Waals surface area contributed by atoms with Crippen molar-refractivity contribution in [3.63, 3.8) is 0 Å². The lowest BCUT2D eigenvalue weighted by Gasteiger charge is -2.36. The fourth-order valence-electron chi connectivity index (χ4n) is 3.81. The van der Waals surface area contributed by atoms with E-state index in [1.54, 1.807) is 9.80 Å². The van der Waals surface area contributed by atoms with Gasteiger partial charge in [0.15, 0.2) is 0 Å². The van der Waals surface area contributed by atoms with Gasteiger partial charge in [-0.1, -0.05) is 30.3 Å². The minimum Gasteiger partial charge on any atom is -0.445 e. The van der Waals surface area contributed by atoms with Crippen molar-refractivity contribution in [2.24, 2.45) is 0 Å². The fourth-order valence-corrected chi connectivity index (χ4v) is 3.81. The van der Waals surface area contributed by atoms with Crippen molar-refractivity contribution in [1.29, 1.82) is 0 Å². The van der Waals surface area contributed by atoms with Gasteiger partial charge in [0.25, 0.3) is 0 Å². The van der Waals surface area contributed by atoms with E-state index in [1.165, 1.54) is 0 Å². The summed E-state index contributed by atoms with van der Waals surface area (Å²) in [6.07, 6.45) is 1.67. The molecule has 1 aromatic carbocycles. The molecular formula is C25H40N2O6. The number of amides is 2. The number of rotatable bonds is 2. The van der Waals surface area contributed by atoms with Gasteiger partial charge < -0.3 is 29.5 Å². The van der Waals surface area contributed by atoms with E-state index in [0.717, 1.165) is 31.2 Å². The Morgan fingerprint density at radius 2 is 1.36 bits per heavy atom. The van der Waals surface area contributed by atoms with Gasteiger partial charge in [-0.15, -0.1) is 0 Å². The zero-order valence-corrected chi connectivity index (χ0v) is 20.6. The van der Waals surface area contributed by atoms with Crippen molar-refractivity contribution in [1.82, 2.24) is 9.80 Å². The zero-order valence-electron chi connectivity index (χ0n) is 20.6. The van der Waals surface area contributed by atoms with Crippen LogP contribution < -0.4 is 0 Å². The number of ether oxygens (including phenoxy) is 2. The Morgan fingerprint density at radius 3 is 1.85 bits per heavy atom. The smallest absolute Gasteiger partial charge is 0.410 e. The van der Waals surface area contributed by atoms with Crippen LogP contribution in [0.4, 0.5) is 9.59 Å². The van der Waals surface area contributed by atoms with Crippen molar-refractivity contribution in [2.45, 2.75) is 96.8 Å². The third-order valence-electron chi connectivity index (χ3n) is 5.78. The second kappa shape index (κ2) is 12.2. The third-order valence-corrected chi connectivity index (χ3v) is 5.78. The maximum Gasteiger partial charge on any atom is 0.410 e. The van der Waals surface area contributed by atoms with Crippen LogP contribution in [0.1, 0.15) is 65.9 Å². The summed E-state index contributed by atoms with van der Waals surface area (Å²) in [4.78, 5) is 26.9. The Bertz CT molecular complexity index is 751. The second-order valence-corrected chi connectivity index (χ2v) is 9.99. The van der Waals surface area contributed by atoms with E-state index in [4.69, 9.17) is 9.47 Å². The fraction of sp³-hybridized carbons (Fsp3) is 0.680. The van der Waals surface area contributed by atoms with Crippen LogP contribution in [0, 0.1) is 0 Å². The van der Waals surface area contributed by atoms with E-state index in [2.05, 4.69) is 0 Å². The molecule has 8 heteroatoms. The van der Waals surface area contributed by atoms with Crippen molar-refractivity contribution in [3.05, 3.63) is 35.9 Å². The highest BCUT2D eigenvalue weighted by Gasteiger charge is 2.31. The van der Waals surface area contributed by atoms with Gasteiger partial charge in [-0.3, -0.25) is 0 Å². The summed E-state index contributed by atoms with van der Waals surface area (Å²) >= 11 is 0. The Kier molecular flexibility index (Phi) is 9.98. The number of aliphatic hydroxyl groups excluding tert-OH is 2. The van der Waals surface area contributed by atoms with Crippen LogP contribution >= 0.6 is 0 Å². The summed E-state index contributed by atoms with van der Waals surface area (Å²) in [5.41, 5.74) is 0.496. The van der Waals surface area contributed by atoms with Crippen LogP contribution in [-0.4, -0.2) is 75.2 Å². The Labute approximate surface area is 197 Å².